The van der Waals surface area contributed by atoms with Gasteiger partial charge in [0, 0.05) is 17.0 Å². The Labute approximate surface area is 362 Å². The molecule has 0 radical (unpaired) electrons. The van der Waals surface area contributed by atoms with Crippen molar-refractivity contribution in [3.8, 4) is 23.0 Å². The Balaban J connectivity index is 0.979. The van der Waals surface area contributed by atoms with Crippen LogP contribution in [0.4, 0.5) is 0 Å². The molecule has 0 nitrogen and oxygen atoms in total. The molecule has 0 heterocycles. The molecule has 6 aromatic carbocycles. The summed E-state index contributed by atoms with van der Waals surface area (Å²) in [7, 11) is 0. The Morgan fingerprint density at radius 3 is 1.43 bits per heavy atom. The minimum atomic E-state index is 0.401. The fraction of sp³-hybridized carbons (Fsp3) is 0.367. The zero-order chi connectivity index (χ0) is 41.3. The summed E-state index contributed by atoms with van der Waals surface area (Å²) in [4.78, 5) is 0. The molecule has 0 aromatic heterocycles. The molecule has 1 unspecified atom stereocenters. The summed E-state index contributed by atoms with van der Waals surface area (Å²) in [6, 6.07) is 53.0. The van der Waals surface area contributed by atoms with E-state index >= 15 is 0 Å². The van der Waals surface area contributed by atoms with Gasteiger partial charge in [-0.25, -0.2) is 0 Å². The van der Waals surface area contributed by atoms with Crippen LogP contribution in [0, 0.1) is 49.4 Å². The summed E-state index contributed by atoms with van der Waals surface area (Å²) in [6.45, 7) is 9.17. The molecule has 0 heteroatoms. The highest BCUT2D eigenvalue weighted by atomic mass is 14.3. The largest absolute Gasteiger partial charge is 0.0625 e. The Morgan fingerprint density at radius 2 is 0.900 bits per heavy atom. The monoisotopic (exact) mass is 787 g/mol. The van der Waals surface area contributed by atoms with Crippen molar-refractivity contribution in [2.45, 2.75) is 117 Å². The SMILES string of the molecule is Cc1ccc(Cc2ccc(C(CC3CCC(C)CC3)c3ccc(C#Cc4ccc(-c5cc(Cc6ccc(C)cc6)ccc5CCC5CCC(C)CC5)cc4)cc3)cc2)cc1. The van der Waals surface area contributed by atoms with E-state index in [1.165, 1.54) is 125 Å². The van der Waals surface area contributed by atoms with Gasteiger partial charge in [0.15, 0.2) is 0 Å². The average molecular weight is 787 g/mol. The van der Waals surface area contributed by atoms with Crippen molar-refractivity contribution in [1.29, 1.82) is 0 Å². The maximum atomic E-state index is 3.51. The summed E-state index contributed by atoms with van der Waals surface area (Å²) in [6.07, 6.45) is 16.6. The van der Waals surface area contributed by atoms with E-state index in [4.69, 9.17) is 0 Å². The van der Waals surface area contributed by atoms with Gasteiger partial charge >= 0.3 is 0 Å². The first kappa shape index (κ1) is 41.6. The van der Waals surface area contributed by atoms with E-state index in [1.54, 1.807) is 0 Å². The molecule has 8 rings (SSSR count). The van der Waals surface area contributed by atoms with Crippen molar-refractivity contribution in [2.24, 2.45) is 23.7 Å². The molecule has 2 fully saturated rings. The zero-order valence-electron chi connectivity index (χ0n) is 36.9. The van der Waals surface area contributed by atoms with Crippen LogP contribution < -0.4 is 0 Å². The van der Waals surface area contributed by atoms with E-state index in [0.29, 0.717) is 5.92 Å². The quantitative estimate of drug-likeness (QED) is 0.108. The predicted octanol–water partition coefficient (Wildman–Crippen LogP) is 15.7. The van der Waals surface area contributed by atoms with Gasteiger partial charge in [-0.05, 0) is 144 Å². The molecule has 60 heavy (non-hydrogen) atoms. The van der Waals surface area contributed by atoms with E-state index < -0.39 is 0 Å². The first-order chi connectivity index (χ1) is 29.3. The topological polar surface area (TPSA) is 0 Å². The molecule has 2 aliphatic rings. The standard InChI is InChI=1S/C60H66/c1-43-5-13-47(14-6-43)23-31-57-38-30-54(40-51-17-9-45(3)10-18-51)42-60(57)56-34-26-49(27-35-56)22-21-48-24-32-55(33-25-48)59(41-53-19-11-46(4)12-20-53)58-36-28-52(29-37-58)39-50-15-7-44(2)8-16-50/h7-10,15-18,24-30,32-38,42-43,46-47,53,59H,5-6,11-14,19-20,23,31,39-41H2,1-4H3. The fourth-order valence-electron chi connectivity index (χ4n) is 9.99. The van der Waals surface area contributed by atoms with Gasteiger partial charge < -0.3 is 0 Å². The molecular weight excluding hydrogens is 721 g/mol. The van der Waals surface area contributed by atoms with Crippen LogP contribution in [0.2, 0.25) is 0 Å². The Morgan fingerprint density at radius 1 is 0.467 bits per heavy atom. The highest BCUT2D eigenvalue weighted by Crippen LogP contribution is 2.39. The molecule has 0 aliphatic heterocycles. The number of aryl methyl sites for hydroxylation is 3. The summed E-state index contributed by atoms with van der Waals surface area (Å²) < 4.78 is 0. The minimum Gasteiger partial charge on any atom is -0.0625 e. The van der Waals surface area contributed by atoms with Gasteiger partial charge in [0.1, 0.15) is 0 Å². The molecule has 1 atom stereocenters. The minimum absolute atomic E-state index is 0.401. The third kappa shape index (κ3) is 11.4. The van der Waals surface area contributed by atoms with Crippen LogP contribution >= 0.6 is 0 Å². The molecular formula is C60H66. The van der Waals surface area contributed by atoms with E-state index in [2.05, 4.69) is 179 Å². The van der Waals surface area contributed by atoms with Crippen LogP contribution in [-0.4, -0.2) is 0 Å². The average Bonchev–Trinajstić information content (AvgIpc) is 3.28. The predicted molar refractivity (Wildman–Crippen MR) is 256 cm³/mol. The molecule has 2 saturated carbocycles. The molecule has 6 aromatic rings. The van der Waals surface area contributed by atoms with Crippen LogP contribution in [-0.2, 0) is 19.3 Å². The zero-order valence-corrected chi connectivity index (χ0v) is 36.9. The first-order valence-corrected chi connectivity index (χ1v) is 23.3. The van der Waals surface area contributed by atoms with Crippen molar-refractivity contribution in [1.82, 2.24) is 0 Å². The second-order valence-corrected chi connectivity index (χ2v) is 19.1. The van der Waals surface area contributed by atoms with E-state index in [0.717, 1.165) is 54.1 Å². The van der Waals surface area contributed by atoms with Crippen LogP contribution in [0.1, 0.15) is 145 Å². The normalized spacial score (nSPS) is 19.6. The number of hydrogen-bond acceptors (Lipinski definition) is 0. The maximum Gasteiger partial charge on any atom is 0.0249 e. The third-order valence-electron chi connectivity index (χ3n) is 14.1. The maximum absolute atomic E-state index is 3.51. The number of rotatable bonds is 12. The van der Waals surface area contributed by atoms with Crippen LogP contribution in [0.3, 0.4) is 0 Å². The Bertz CT molecular complexity index is 2310. The molecule has 0 saturated heterocycles. The lowest BCUT2D eigenvalue weighted by atomic mass is 9.75. The van der Waals surface area contributed by atoms with E-state index in [1.807, 2.05) is 0 Å². The van der Waals surface area contributed by atoms with Gasteiger partial charge in [0.2, 0.25) is 0 Å². The van der Waals surface area contributed by atoms with Crippen molar-refractivity contribution in [3.63, 3.8) is 0 Å². The van der Waals surface area contributed by atoms with Gasteiger partial charge in [0.05, 0.1) is 0 Å². The van der Waals surface area contributed by atoms with Gasteiger partial charge in [0.25, 0.3) is 0 Å². The smallest absolute Gasteiger partial charge is 0.0249 e. The second kappa shape index (κ2) is 20.0. The van der Waals surface area contributed by atoms with Crippen LogP contribution in [0.25, 0.3) is 11.1 Å². The van der Waals surface area contributed by atoms with Crippen LogP contribution in [0.15, 0.2) is 140 Å². The molecule has 0 spiro atoms. The summed E-state index contributed by atoms with van der Waals surface area (Å²) >= 11 is 0. The highest BCUT2D eigenvalue weighted by Gasteiger charge is 2.24. The highest BCUT2D eigenvalue weighted by molar-refractivity contribution is 5.69. The molecule has 0 bridgehead atoms. The molecule has 0 amide bonds. The van der Waals surface area contributed by atoms with Gasteiger partial charge in [-0.1, -0.05) is 203 Å². The summed E-state index contributed by atoms with van der Waals surface area (Å²) in [5, 5.41) is 0. The molecule has 0 N–H and O–H groups in total. The molecule has 306 valence electrons. The van der Waals surface area contributed by atoms with Gasteiger partial charge in [-0.3, -0.25) is 0 Å². The lowest BCUT2D eigenvalue weighted by Gasteiger charge is -2.30. The Hall–Kier alpha value is -5.12. The fourth-order valence-corrected chi connectivity index (χ4v) is 9.99. The van der Waals surface area contributed by atoms with E-state index in [-0.39, 0.29) is 0 Å². The van der Waals surface area contributed by atoms with Gasteiger partial charge in [-0.2, -0.15) is 0 Å². The number of benzene rings is 6. The van der Waals surface area contributed by atoms with Gasteiger partial charge in [-0.15, -0.1) is 0 Å². The summed E-state index contributed by atoms with van der Waals surface area (Å²) in [5.74, 6) is 10.8. The Kier molecular flexibility index (Phi) is 13.8. The van der Waals surface area contributed by atoms with Crippen molar-refractivity contribution in [3.05, 3.63) is 201 Å². The molecule has 2 aliphatic carbocycles. The first-order valence-electron chi connectivity index (χ1n) is 23.3. The van der Waals surface area contributed by atoms with Crippen molar-refractivity contribution in [2.75, 3.05) is 0 Å². The lowest BCUT2D eigenvalue weighted by Crippen LogP contribution is -2.16. The third-order valence-corrected chi connectivity index (χ3v) is 14.1. The van der Waals surface area contributed by atoms with Crippen molar-refractivity contribution < 1.29 is 0 Å². The lowest BCUT2D eigenvalue weighted by molar-refractivity contribution is 0.270. The van der Waals surface area contributed by atoms with Crippen molar-refractivity contribution >= 4 is 0 Å². The second-order valence-electron chi connectivity index (χ2n) is 19.1. The van der Waals surface area contributed by atoms with E-state index in [9.17, 15) is 0 Å². The number of hydrogen-bond donors (Lipinski definition) is 0. The van der Waals surface area contributed by atoms with Crippen LogP contribution in [0.5, 0.6) is 0 Å². The summed E-state index contributed by atoms with van der Waals surface area (Å²) in [5.41, 5.74) is 17.3.